The minimum absolute atomic E-state index is 0.0655. The molecule has 1 saturated heterocycles. The van der Waals surface area contributed by atoms with Crippen LogP contribution >= 0.6 is 0 Å². The van der Waals surface area contributed by atoms with Crippen molar-refractivity contribution in [2.45, 2.75) is 18.8 Å². The first kappa shape index (κ1) is 17.3. The van der Waals surface area contributed by atoms with Crippen LogP contribution in [-0.2, 0) is 0 Å². The molecule has 5 rings (SSSR count). The van der Waals surface area contributed by atoms with Crippen LogP contribution in [0.15, 0.2) is 43.0 Å². The molecule has 10 heteroatoms. The van der Waals surface area contributed by atoms with Crippen LogP contribution in [0.3, 0.4) is 0 Å². The second-order valence-corrected chi connectivity index (χ2v) is 7.07. The van der Waals surface area contributed by atoms with Crippen molar-refractivity contribution in [3.05, 3.63) is 58.9 Å². The molecular formula is C19H18N8O2. The number of aromatic nitrogens is 6. The lowest BCUT2D eigenvalue weighted by Gasteiger charge is -2.32. The maximum absolute atomic E-state index is 11.0. The summed E-state index contributed by atoms with van der Waals surface area (Å²) in [5, 5.41) is 18.9. The molecule has 0 amide bonds. The van der Waals surface area contributed by atoms with Crippen LogP contribution in [-0.4, -0.2) is 48.1 Å². The summed E-state index contributed by atoms with van der Waals surface area (Å²) in [6, 6.07) is 6.55. The fourth-order valence-corrected chi connectivity index (χ4v) is 3.84. The van der Waals surface area contributed by atoms with E-state index in [1.165, 1.54) is 6.07 Å². The smallest absolute Gasteiger partial charge is 0.270 e. The van der Waals surface area contributed by atoms with E-state index in [1.807, 2.05) is 12.3 Å². The second-order valence-electron chi connectivity index (χ2n) is 7.07. The van der Waals surface area contributed by atoms with E-state index in [1.54, 1.807) is 24.7 Å². The molecule has 0 bridgehead atoms. The van der Waals surface area contributed by atoms with E-state index in [2.05, 4.69) is 30.0 Å². The largest absolute Gasteiger partial charge is 0.356 e. The number of fused-ring (bicyclic) bond motifs is 1. The number of rotatable bonds is 4. The number of nitrogens with one attached hydrogen (secondary N) is 2. The van der Waals surface area contributed by atoms with E-state index in [0.717, 1.165) is 59.9 Å². The van der Waals surface area contributed by atoms with Gasteiger partial charge in [0.1, 0.15) is 18.0 Å². The van der Waals surface area contributed by atoms with Crippen molar-refractivity contribution in [3.63, 3.8) is 0 Å². The Morgan fingerprint density at radius 1 is 1.21 bits per heavy atom. The van der Waals surface area contributed by atoms with Crippen molar-refractivity contribution < 1.29 is 4.92 Å². The van der Waals surface area contributed by atoms with Gasteiger partial charge in [0.25, 0.3) is 5.69 Å². The summed E-state index contributed by atoms with van der Waals surface area (Å²) < 4.78 is 0. The molecule has 146 valence electrons. The number of benzene rings is 1. The number of hydrogen-bond acceptors (Lipinski definition) is 7. The van der Waals surface area contributed by atoms with Crippen LogP contribution in [0.2, 0.25) is 0 Å². The number of nitro groups is 1. The Morgan fingerprint density at radius 2 is 2.07 bits per heavy atom. The Bertz CT molecular complexity index is 1180. The van der Waals surface area contributed by atoms with Gasteiger partial charge in [0, 0.05) is 42.9 Å². The highest BCUT2D eigenvalue weighted by atomic mass is 16.6. The summed E-state index contributed by atoms with van der Waals surface area (Å²) in [5.41, 5.74) is 2.27. The maximum Gasteiger partial charge on any atom is 0.270 e. The Morgan fingerprint density at radius 3 is 2.90 bits per heavy atom. The lowest BCUT2D eigenvalue weighted by atomic mass is 9.96. The maximum atomic E-state index is 11.0. The van der Waals surface area contributed by atoms with Gasteiger partial charge >= 0.3 is 0 Å². The van der Waals surface area contributed by atoms with Gasteiger partial charge in [-0.2, -0.15) is 5.10 Å². The van der Waals surface area contributed by atoms with E-state index in [0.29, 0.717) is 5.92 Å². The Labute approximate surface area is 165 Å². The van der Waals surface area contributed by atoms with Gasteiger partial charge in [-0.05, 0) is 12.8 Å². The highest BCUT2D eigenvalue weighted by molar-refractivity contribution is 5.86. The zero-order chi connectivity index (χ0) is 19.8. The molecule has 0 aliphatic carbocycles. The molecule has 10 nitrogen and oxygen atoms in total. The predicted octanol–water partition coefficient (Wildman–Crippen LogP) is 3.04. The predicted molar refractivity (Wildman–Crippen MR) is 107 cm³/mol. The van der Waals surface area contributed by atoms with Crippen molar-refractivity contribution in [2.75, 3.05) is 18.0 Å². The molecule has 0 unspecified atom stereocenters. The molecule has 1 aromatic carbocycles. The van der Waals surface area contributed by atoms with Crippen molar-refractivity contribution in [1.82, 2.24) is 30.1 Å². The number of hydrogen-bond donors (Lipinski definition) is 2. The molecule has 29 heavy (non-hydrogen) atoms. The topological polar surface area (TPSA) is 130 Å². The van der Waals surface area contributed by atoms with E-state index in [-0.39, 0.29) is 5.69 Å². The molecule has 1 aliphatic rings. The molecule has 0 radical (unpaired) electrons. The van der Waals surface area contributed by atoms with E-state index in [4.69, 9.17) is 4.98 Å². The highest BCUT2D eigenvalue weighted by Gasteiger charge is 2.25. The third-order valence-electron chi connectivity index (χ3n) is 5.36. The van der Waals surface area contributed by atoms with Gasteiger partial charge < -0.3 is 9.88 Å². The third kappa shape index (κ3) is 3.18. The fourth-order valence-electron chi connectivity index (χ4n) is 3.84. The number of non-ortho nitro benzene ring substituents is 1. The Hall–Kier alpha value is -3.82. The second kappa shape index (κ2) is 6.97. The van der Waals surface area contributed by atoms with E-state index >= 15 is 0 Å². The lowest BCUT2D eigenvalue weighted by Crippen LogP contribution is -2.33. The first-order chi connectivity index (χ1) is 14.2. The van der Waals surface area contributed by atoms with Gasteiger partial charge in [-0.15, -0.1) is 0 Å². The first-order valence-corrected chi connectivity index (χ1v) is 9.38. The van der Waals surface area contributed by atoms with Gasteiger partial charge in [0.05, 0.1) is 22.2 Å². The number of nitro benzene ring substituents is 1. The lowest BCUT2D eigenvalue weighted by molar-refractivity contribution is -0.384. The zero-order valence-electron chi connectivity index (χ0n) is 15.4. The quantitative estimate of drug-likeness (QED) is 0.404. The average Bonchev–Trinajstić information content (AvgIpc) is 3.43. The number of aromatic amines is 2. The molecule has 0 atom stereocenters. The molecule has 0 saturated carbocycles. The molecule has 2 N–H and O–H groups in total. The fraction of sp³-hybridized carbons (Fsp3) is 0.263. The summed E-state index contributed by atoms with van der Waals surface area (Å²) in [4.78, 5) is 29.5. The monoisotopic (exact) mass is 390 g/mol. The number of anilines is 1. The molecule has 4 aromatic rings. The Balaban J connectivity index is 1.31. The van der Waals surface area contributed by atoms with Gasteiger partial charge in [0.15, 0.2) is 5.65 Å². The van der Waals surface area contributed by atoms with Crippen molar-refractivity contribution in [3.8, 4) is 11.3 Å². The standard InChI is InChI=1S/C19H18N8O2/c28-27(29)14-3-1-2-13(8-14)16-10-20-17(24-16)12-4-6-26(7-5-12)19-15-9-23-25-18(15)21-11-22-19/h1-3,8-12H,4-7H2,(H,20,24)(H,21,22,23,25). The van der Waals surface area contributed by atoms with E-state index < -0.39 is 4.92 Å². The normalized spacial score (nSPS) is 15.1. The van der Waals surface area contributed by atoms with Gasteiger partial charge in [-0.25, -0.2) is 15.0 Å². The molecule has 0 spiro atoms. The third-order valence-corrected chi connectivity index (χ3v) is 5.36. The zero-order valence-corrected chi connectivity index (χ0v) is 15.4. The van der Waals surface area contributed by atoms with Crippen LogP contribution in [0, 0.1) is 10.1 Å². The van der Waals surface area contributed by atoms with Gasteiger partial charge in [-0.1, -0.05) is 12.1 Å². The minimum atomic E-state index is -0.392. The molecule has 3 aromatic heterocycles. The summed E-state index contributed by atoms with van der Waals surface area (Å²) in [7, 11) is 0. The van der Waals surface area contributed by atoms with Crippen LogP contribution in [0.25, 0.3) is 22.3 Å². The SMILES string of the molecule is O=[N+]([O-])c1cccc(-c2c[nH]c(C3CCN(c4ncnc5[nH]ncc45)CC3)n2)c1. The van der Waals surface area contributed by atoms with Crippen LogP contribution in [0.4, 0.5) is 11.5 Å². The van der Waals surface area contributed by atoms with Crippen molar-refractivity contribution >= 4 is 22.5 Å². The molecular weight excluding hydrogens is 372 g/mol. The molecule has 1 aliphatic heterocycles. The van der Waals surface area contributed by atoms with Crippen LogP contribution in [0.5, 0.6) is 0 Å². The molecule has 1 fully saturated rings. The molecule has 4 heterocycles. The average molecular weight is 390 g/mol. The summed E-state index contributed by atoms with van der Waals surface area (Å²) >= 11 is 0. The van der Waals surface area contributed by atoms with E-state index in [9.17, 15) is 10.1 Å². The summed E-state index contributed by atoms with van der Waals surface area (Å²) in [6.45, 7) is 1.71. The number of imidazole rings is 1. The minimum Gasteiger partial charge on any atom is -0.356 e. The van der Waals surface area contributed by atoms with Crippen molar-refractivity contribution in [1.29, 1.82) is 0 Å². The first-order valence-electron chi connectivity index (χ1n) is 9.38. The van der Waals surface area contributed by atoms with Gasteiger partial charge in [0.2, 0.25) is 0 Å². The summed E-state index contributed by atoms with van der Waals surface area (Å²) in [5.74, 6) is 2.13. The Kier molecular flexibility index (Phi) is 4.15. The number of nitrogens with zero attached hydrogens (tertiary/aromatic N) is 6. The van der Waals surface area contributed by atoms with Gasteiger partial charge in [-0.3, -0.25) is 15.2 Å². The summed E-state index contributed by atoms with van der Waals surface area (Å²) in [6.07, 6.45) is 7.01. The number of H-pyrrole nitrogens is 2. The highest BCUT2D eigenvalue weighted by Crippen LogP contribution is 2.32. The number of piperidine rings is 1. The van der Waals surface area contributed by atoms with Crippen LogP contribution < -0.4 is 4.90 Å². The van der Waals surface area contributed by atoms with Crippen LogP contribution in [0.1, 0.15) is 24.6 Å². The van der Waals surface area contributed by atoms with Crippen molar-refractivity contribution in [2.24, 2.45) is 0 Å².